The molecule has 0 aliphatic rings. The number of carbonyl (C=O) groups excluding carboxylic acids is 2. The molecular formula is C31H33N5O4. The van der Waals surface area contributed by atoms with E-state index in [9.17, 15) is 19.5 Å². The largest absolute Gasteiger partial charge is 0.480 e. The Hall–Kier alpha value is -4.92. The Morgan fingerprint density at radius 1 is 0.900 bits per heavy atom. The minimum Gasteiger partial charge on any atom is -0.480 e. The first-order valence-corrected chi connectivity index (χ1v) is 13.1. The third-order valence-corrected chi connectivity index (χ3v) is 6.66. The van der Waals surface area contributed by atoms with Gasteiger partial charge in [-0.15, -0.1) is 0 Å². The number of carboxylic acid groups (broad SMARTS) is 1. The van der Waals surface area contributed by atoms with Crippen LogP contribution in [0.4, 0.5) is 5.95 Å². The number of carbonyl (C=O) groups is 3. The summed E-state index contributed by atoms with van der Waals surface area (Å²) < 4.78 is 0. The number of anilines is 1. The Morgan fingerprint density at radius 3 is 2.02 bits per heavy atom. The van der Waals surface area contributed by atoms with Crippen molar-refractivity contribution < 1.29 is 19.5 Å². The van der Waals surface area contributed by atoms with Gasteiger partial charge in [-0.2, -0.15) is 0 Å². The molecule has 0 saturated heterocycles. The van der Waals surface area contributed by atoms with Gasteiger partial charge in [-0.1, -0.05) is 84.9 Å². The summed E-state index contributed by atoms with van der Waals surface area (Å²) in [4.78, 5) is 46.9. The number of aromatic nitrogens is 2. The number of rotatable bonds is 14. The van der Waals surface area contributed by atoms with Gasteiger partial charge in [0, 0.05) is 25.5 Å². The molecule has 2 amide bonds. The fourth-order valence-corrected chi connectivity index (χ4v) is 4.71. The lowest BCUT2D eigenvalue weighted by atomic mass is 9.89. The lowest BCUT2D eigenvalue weighted by Gasteiger charge is -2.33. The first-order chi connectivity index (χ1) is 19.4. The van der Waals surface area contributed by atoms with E-state index in [2.05, 4.69) is 15.3 Å². The average Bonchev–Trinajstić information content (AvgIpc) is 3.47. The molecule has 4 rings (SSSR count). The minimum absolute atomic E-state index is 0.0917. The van der Waals surface area contributed by atoms with Crippen LogP contribution in [0.15, 0.2) is 97.3 Å². The molecular weight excluding hydrogens is 506 g/mol. The average molecular weight is 540 g/mol. The third kappa shape index (κ3) is 7.57. The highest BCUT2D eigenvalue weighted by molar-refractivity contribution is 5.90. The summed E-state index contributed by atoms with van der Waals surface area (Å²) in [5.41, 5.74) is 8.38. The minimum atomic E-state index is -1.07. The van der Waals surface area contributed by atoms with Gasteiger partial charge < -0.3 is 26.0 Å². The van der Waals surface area contributed by atoms with Crippen molar-refractivity contribution in [2.75, 3.05) is 11.9 Å². The lowest BCUT2D eigenvalue weighted by Crippen LogP contribution is -2.47. The van der Waals surface area contributed by atoms with E-state index in [-0.39, 0.29) is 25.3 Å². The molecule has 9 heteroatoms. The van der Waals surface area contributed by atoms with Crippen molar-refractivity contribution in [3.63, 3.8) is 0 Å². The van der Waals surface area contributed by atoms with Gasteiger partial charge in [-0.25, -0.2) is 9.78 Å². The fraction of sp³-hybridized carbons (Fsp3) is 0.226. The van der Waals surface area contributed by atoms with Crippen molar-refractivity contribution in [3.05, 3.63) is 120 Å². The van der Waals surface area contributed by atoms with Gasteiger partial charge in [-0.3, -0.25) is 9.59 Å². The monoisotopic (exact) mass is 539 g/mol. The number of benzene rings is 3. The number of nitrogens with one attached hydrogen (secondary N) is 2. The van der Waals surface area contributed by atoms with E-state index in [1.54, 1.807) is 36.7 Å². The van der Waals surface area contributed by atoms with Crippen LogP contribution < -0.4 is 11.1 Å². The van der Waals surface area contributed by atoms with Crippen molar-refractivity contribution in [2.24, 2.45) is 5.73 Å². The standard InChI is InChI=1S/C31H33N5O4/c32-27(37)20-22-13-15-23(16-14-22)21-36(26(30(39)40)12-7-17-33-31-34-18-19-35-31)29(38)28(24-8-3-1-4-9-24)25-10-5-2-6-11-25/h1-6,8-11,13-16,18-19,26,28H,7,12,17,20-21H2,(H2,32,37)(H,39,40)(H2,33,34,35)/t26-/m1/s1. The molecule has 0 aliphatic heterocycles. The first-order valence-electron chi connectivity index (χ1n) is 13.1. The van der Waals surface area contributed by atoms with E-state index in [0.717, 1.165) is 22.3 Å². The molecule has 206 valence electrons. The molecule has 0 fully saturated rings. The molecule has 0 bridgehead atoms. The Kier molecular flexibility index (Phi) is 9.66. The second-order valence-electron chi connectivity index (χ2n) is 9.54. The van der Waals surface area contributed by atoms with Gasteiger partial charge in [0.2, 0.25) is 11.8 Å². The molecule has 3 aromatic carbocycles. The zero-order valence-corrected chi connectivity index (χ0v) is 22.1. The van der Waals surface area contributed by atoms with Gasteiger partial charge in [0.1, 0.15) is 6.04 Å². The van der Waals surface area contributed by atoms with Crippen LogP contribution in [0.1, 0.15) is 41.0 Å². The van der Waals surface area contributed by atoms with E-state index >= 15 is 0 Å². The van der Waals surface area contributed by atoms with Crippen LogP contribution in [0.5, 0.6) is 0 Å². The Morgan fingerprint density at radius 2 is 1.50 bits per heavy atom. The number of imidazole rings is 1. The van der Waals surface area contributed by atoms with Crippen molar-refractivity contribution in [1.82, 2.24) is 14.9 Å². The molecule has 5 N–H and O–H groups in total. The van der Waals surface area contributed by atoms with Crippen molar-refractivity contribution in [2.45, 2.75) is 37.8 Å². The molecule has 0 saturated carbocycles. The maximum atomic E-state index is 14.4. The van der Waals surface area contributed by atoms with Crippen LogP contribution in [0.2, 0.25) is 0 Å². The summed E-state index contributed by atoms with van der Waals surface area (Å²) in [6, 6.07) is 24.9. The van der Waals surface area contributed by atoms with Crippen molar-refractivity contribution in [1.29, 1.82) is 0 Å². The van der Waals surface area contributed by atoms with Crippen LogP contribution in [0, 0.1) is 0 Å². The van der Waals surface area contributed by atoms with Gasteiger partial charge in [0.05, 0.1) is 12.3 Å². The SMILES string of the molecule is NC(=O)Cc1ccc(CN(C(=O)C(c2ccccc2)c2ccccc2)[C@H](CCCNc2ncc[nH]2)C(=O)O)cc1. The van der Waals surface area contributed by atoms with E-state index in [1.807, 2.05) is 60.7 Å². The van der Waals surface area contributed by atoms with E-state index in [1.165, 1.54) is 4.90 Å². The zero-order chi connectivity index (χ0) is 28.3. The van der Waals surface area contributed by atoms with Gasteiger partial charge in [0.15, 0.2) is 5.95 Å². The Labute approximate surface area is 233 Å². The third-order valence-electron chi connectivity index (χ3n) is 6.66. The molecule has 0 unspecified atom stereocenters. The number of nitrogens with zero attached hydrogens (tertiary/aromatic N) is 2. The van der Waals surface area contributed by atoms with Crippen LogP contribution in [-0.2, 0) is 27.3 Å². The van der Waals surface area contributed by atoms with Crippen LogP contribution in [0.3, 0.4) is 0 Å². The van der Waals surface area contributed by atoms with Crippen LogP contribution in [0.25, 0.3) is 0 Å². The number of amides is 2. The van der Waals surface area contributed by atoms with Crippen molar-refractivity contribution in [3.8, 4) is 0 Å². The van der Waals surface area contributed by atoms with E-state index < -0.39 is 23.8 Å². The molecule has 9 nitrogen and oxygen atoms in total. The summed E-state index contributed by atoms with van der Waals surface area (Å²) in [5, 5.41) is 13.5. The normalized spacial score (nSPS) is 11.6. The number of aliphatic carboxylic acids is 1. The number of carboxylic acids is 1. The van der Waals surface area contributed by atoms with Crippen molar-refractivity contribution >= 4 is 23.7 Å². The maximum absolute atomic E-state index is 14.4. The number of aromatic amines is 1. The molecule has 4 aromatic rings. The molecule has 0 spiro atoms. The maximum Gasteiger partial charge on any atom is 0.326 e. The second-order valence-corrected chi connectivity index (χ2v) is 9.54. The summed E-state index contributed by atoms with van der Waals surface area (Å²) in [7, 11) is 0. The molecule has 1 aromatic heterocycles. The molecule has 40 heavy (non-hydrogen) atoms. The van der Waals surface area contributed by atoms with Crippen LogP contribution >= 0.6 is 0 Å². The number of hydrogen-bond acceptors (Lipinski definition) is 5. The number of primary amides is 1. The summed E-state index contributed by atoms with van der Waals surface area (Å²) >= 11 is 0. The fourth-order valence-electron chi connectivity index (χ4n) is 4.71. The first kappa shape index (κ1) is 28.1. The second kappa shape index (κ2) is 13.7. The predicted octanol–water partition coefficient (Wildman–Crippen LogP) is 3.94. The highest BCUT2D eigenvalue weighted by atomic mass is 16.4. The number of nitrogens with two attached hydrogens (primary N) is 1. The molecule has 1 atom stereocenters. The zero-order valence-electron chi connectivity index (χ0n) is 22.1. The van der Waals surface area contributed by atoms with Crippen LogP contribution in [-0.4, -0.2) is 50.3 Å². The summed E-state index contributed by atoms with van der Waals surface area (Å²) in [6.07, 6.45) is 4.17. The Bertz CT molecular complexity index is 1340. The Balaban J connectivity index is 1.65. The number of hydrogen-bond donors (Lipinski definition) is 4. The van der Waals surface area contributed by atoms with Gasteiger partial charge in [0.25, 0.3) is 0 Å². The van der Waals surface area contributed by atoms with Gasteiger partial charge >= 0.3 is 5.97 Å². The lowest BCUT2D eigenvalue weighted by molar-refractivity contribution is -0.151. The molecule has 0 aliphatic carbocycles. The van der Waals surface area contributed by atoms with E-state index in [0.29, 0.717) is 18.9 Å². The molecule has 0 radical (unpaired) electrons. The van der Waals surface area contributed by atoms with Gasteiger partial charge in [-0.05, 0) is 35.1 Å². The summed E-state index contributed by atoms with van der Waals surface area (Å²) in [5.74, 6) is -1.89. The molecule has 1 heterocycles. The topological polar surface area (TPSA) is 141 Å². The number of H-pyrrole nitrogens is 1. The summed E-state index contributed by atoms with van der Waals surface area (Å²) in [6.45, 7) is 0.580. The van der Waals surface area contributed by atoms with E-state index in [4.69, 9.17) is 5.73 Å². The predicted molar refractivity (Wildman–Crippen MR) is 152 cm³/mol. The highest BCUT2D eigenvalue weighted by Gasteiger charge is 2.35. The quantitative estimate of drug-likeness (QED) is 0.179. The smallest absolute Gasteiger partial charge is 0.326 e. The highest BCUT2D eigenvalue weighted by Crippen LogP contribution is 2.29.